The van der Waals surface area contributed by atoms with Crippen LogP contribution in [0.15, 0.2) is 36.5 Å². The predicted octanol–water partition coefficient (Wildman–Crippen LogP) is 3.37. The summed E-state index contributed by atoms with van der Waals surface area (Å²) >= 11 is 6.16. The number of para-hydroxylation sites is 1. The van der Waals surface area contributed by atoms with E-state index >= 15 is 0 Å². The fourth-order valence-electron chi connectivity index (χ4n) is 1.98. The molecule has 1 heterocycles. The third-order valence-corrected chi connectivity index (χ3v) is 3.24. The van der Waals surface area contributed by atoms with Gasteiger partial charge < -0.3 is 5.32 Å². The zero-order valence-electron chi connectivity index (χ0n) is 10.7. The number of hydrogen-bond acceptors (Lipinski definition) is 2. The van der Waals surface area contributed by atoms with Gasteiger partial charge >= 0.3 is 0 Å². The summed E-state index contributed by atoms with van der Waals surface area (Å²) in [7, 11) is 1.96. The lowest BCUT2D eigenvalue weighted by Gasteiger charge is -2.13. The van der Waals surface area contributed by atoms with E-state index in [1.165, 1.54) is 5.69 Å². The highest BCUT2D eigenvalue weighted by Crippen LogP contribution is 2.26. The molecule has 0 fully saturated rings. The molecule has 4 heteroatoms. The molecule has 1 atom stereocenters. The van der Waals surface area contributed by atoms with E-state index in [4.69, 9.17) is 11.6 Å². The molecule has 0 aliphatic carbocycles. The molecule has 0 saturated heterocycles. The van der Waals surface area contributed by atoms with Crippen molar-refractivity contribution in [1.82, 2.24) is 9.78 Å². The summed E-state index contributed by atoms with van der Waals surface area (Å²) in [4.78, 5) is 0. The minimum Gasteiger partial charge on any atom is -0.384 e. The molecule has 0 bridgehead atoms. The van der Waals surface area contributed by atoms with Crippen LogP contribution in [0.2, 0.25) is 0 Å². The predicted molar refractivity (Wildman–Crippen MR) is 76.1 cm³/mol. The van der Waals surface area contributed by atoms with Gasteiger partial charge in [-0.2, -0.15) is 5.10 Å². The van der Waals surface area contributed by atoms with Crippen molar-refractivity contribution in [2.45, 2.75) is 18.7 Å². The molecular weight excluding hydrogens is 246 g/mol. The second-order valence-electron chi connectivity index (χ2n) is 4.33. The first-order valence-corrected chi connectivity index (χ1v) is 6.56. The number of benzene rings is 1. The standard InChI is InChI=1S/C14H18ClN3/c1-11(15)13-5-3-4-6-14(13)16-9-7-12-8-10-17-18(12)2/h3-6,8,10-11,16H,7,9H2,1-2H3. The molecule has 0 radical (unpaired) electrons. The van der Waals surface area contributed by atoms with E-state index in [1.54, 1.807) is 0 Å². The van der Waals surface area contributed by atoms with Crippen molar-refractivity contribution in [2.24, 2.45) is 7.05 Å². The summed E-state index contributed by atoms with van der Waals surface area (Å²) in [5.41, 5.74) is 3.48. The summed E-state index contributed by atoms with van der Waals surface area (Å²) in [5, 5.41) is 7.61. The molecule has 1 aromatic heterocycles. The van der Waals surface area contributed by atoms with Gasteiger partial charge in [-0.25, -0.2) is 0 Å². The van der Waals surface area contributed by atoms with Crippen molar-refractivity contribution in [3.05, 3.63) is 47.8 Å². The molecule has 1 unspecified atom stereocenters. The molecule has 0 aliphatic heterocycles. The highest BCUT2D eigenvalue weighted by Gasteiger charge is 2.06. The van der Waals surface area contributed by atoms with E-state index in [-0.39, 0.29) is 5.38 Å². The van der Waals surface area contributed by atoms with Crippen LogP contribution >= 0.6 is 11.6 Å². The number of hydrogen-bond donors (Lipinski definition) is 1. The summed E-state index contributed by atoms with van der Waals surface area (Å²) < 4.78 is 1.90. The molecule has 0 aliphatic rings. The van der Waals surface area contributed by atoms with Crippen LogP contribution < -0.4 is 5.32 Å². The fourth-order valence-corrected chi connectivity index (χ4v) is 2.17. The van der Waals surface area contributed by atoms with E-state index in [1.807, 2.05) is 43.0 Å². The van der Waals surface area contributed by atoms with Gasteiger partial charge in [0.25, 0.3) is 0 Å². The summed E-state index contributed by atoms with van der Waals surface area (Å²) in [6, 6.07) is 10.2. The van der Waals surface area contributed by atoms with E-state index in [0.29, 0.717) is 0 Å². The maximum Gasteiger partial charge on any atom is 0.0577 e. The number of aromatic nitrogens is 2. The van der Waals surface area contributed by atoms with Crippen molar-refractivity contribution in [2.75, 3.05) is 11.9 Å². The average Bonchev–Trinajstić information content (AvgIpc) is 2.76. The number of alkyl halides is 1. The third kappa shape index (κ3) is 3.05. The van der Waals surface area contributed by atoms with Gasteiger partial charge in [-0.15, -0.1) is 11.6 Å². The van der Waals surface area contributed by atoms with Gasteiger partial charge in [0, 0.05) is 37.6 Å². The van der Waals surface area contributed by atoms with Crippen LogP contribution in [0.1, 0.15) is 23.6 Å². The number of anilines is 1. The number of nitrogens with one attached hydrogen (secondary N) is 1. The van der Waals surface area contributed by atoms with Crippen LogP contribution in [0.5, 0.6) is 0 Å². The zero-order valence-corrected chi connectivity index (χ0v) is 11.5. The summed E-state index contributed by atoms with van der Waals surface area (Å²) in [6.45, 7) is 2.86. The van der Waals surface area contributed by atoms with Gasteiger partial charge in [0.05, 0.1) is 5.38 Å². The first-order chi connectivity index (χ1) is 8.68. The largest absolute Gasteiger partial charge is 0.384 e. The molecule has 0 saturated carbocycles. The Bertz CT molecular complexity index is 505. The van der Waals surface area contributed by atoms with Crippen molar-refractivity contribution >= 4 is 17.3 Å². The van der Waals surface area contributed by atoms with Gasteiger partial charge in [-0.1, -0.05) is 18.2 Å². The first-order valence-electron chi connectivity index (χ1n) is 6.12. The minimum atomic E-state index is 0.0189. The highest BCUT2D eigenvalue weighted by atomic mass is 35.5. The quantitative estimate of drug-likeness (QED) is 0.839. The van der Waals surface area contributed by atoms with Gasteiger partial charge in [0.1, 0.15) is 0 Å². The van der Waals surface area contributed by atoms with Gasteiger partial charge in [-0.3, -0.25) is 4.68 Å². The molecule has 2 aromatic rings. The smallest absolute Gasteiger partial charge is 0.0577 e. The van der Waals surface area contributed by atoms with E-state index < -0.39 is 0 Å². The van der Waals surface area contributed by atoms with Crippen LogP contribution in [0, 0.1) is 0 Å². The maximum absolute atomic E-state index is 6.16. The highest BCUT2D eigenvalue weighted by molar-refractivity contribution is 6.21. The Kier molecular flexibility index (Phi) is 4.26. The number of aryl methyl sites for hydroxylation is 1. The zero-order chi connectivity index (χ0) is 13.0. The van der Waals surface area contributed by atoms with Crippen LogP contribution in [0.3, 0.4) is 0 Å². The minimum absolute atomic E-state index is 0.0189. The normalized spacial score (nSPS) is 12.4. The van der Waals surface area contributed by atoms with E-state index in [0.717, 1.165) is 24.2 Å². The van der Waals surface area contributed by atoms with Gasteiger partial charge in [-0.05, 0) is 24.6 Å². The second-order valence-corrected chi connectivity index (χ2v) is 4.98. The molecule has 0 amide bonds. The van der Waals surface area contributed by atoms with Crippen molar-refractivity contribution in [1.29, 1.82) is 0 Å². The molecule has 96 valence electrons. The molecule has 1 N–H and O–H groups in total. The van der Waals surface area contributed by atoms with Crippen LogP contribution in [-0.4, -0.2) is 16.3 Å². The van der Waals surface area contributed by atoms with Gasteiger partial charge in [0.2, 0.25) is 0 Å². The molecule has 3 nitrogen and oxygen atoms in total. The Balaban J connectivity index is 1.96. The Hall–Kier alpha value is -1.48. The molecule has 2 rings (SSSR count). The Morgan fingerprint density at radius 3 is 2.78 bits per heavy atom. The number of rotatable bonds is 5. The maximum atomic E-state index is 6.16. The monoisotopic (exact) mass is 263 g/mol. The fraction of sp³-hybridized carbons (Fsp3) is 0.357. The Morgan fingerprint density at radius 2 is 2.11 bits per heavy atom. The van der Waals surface area contributed by atoms with E-state index in [2.05, 4.69) is 22.5 Å². The Morgan fingerprint density at radius 1 is 1.33 bits per heavy atom. The van der Waals surface area contributed by atoms with Crippen LogP contribution in [0.25, 0.3) is 0 Å². The summed E-state index contributed by atoms with van der Waals surface area (Å²) in [6.07, 6.45) is 2.77. The topological polar surface area (TPSA) is 29.9 Å². The molecule has 1 aromatic carbocycles. The van der Waals surface area contributed by atoms with Gasteiger partial charge in [0.15, 0.2) is 0 Å². The average molecular weight is 264 g/mol. The first kappa shape index (κ1) is 13.0. The Labute approximate surface area is 113 Å². The van der Waals surface area contributed by atoms with Crippen LogP contribution in [-0.2, 0) is 13.5 Å². The molecule has 0 spiro atoms. The lowest BCUT2D eigenvalue weighted by Crippen LogP contribution is -2.09. The summed E-state index contributed by atoms with van der Waals surface area (Å²) in [5.74, 6) is 0. The van der Waals surface area contributed by atoms with Crippen molar-refractivity contribution in [3.63, 3.8) is 0 Å². The SMILES string of the molecule is CC(Cl)c1ccccc1NCCc1ccnn1C. The third-order valence-electron chi connectivity index (χ3n) is 3.01. The van der Waals surface area contributed by atoms with Crippen molar-refractivity contribution < 1.29 is 0 Å². The van der Waals surface area contributed by atoms with Crippen LogP contribution in [0.4, 0.5) is 5.69 Å². The number of halogens is 1. The lowest BCUT2D eigenvalue weighted by molar-refractivity contribution is 0.711. The van der Waals surface area contributed by atoms with E-state index in [9.17, 15) is 0 Å². The lowest BCUT2D eigenvalue weighted by atomic mass is 10.1. The molecular formula is C14H18ClN3. The van der Waals surface area contributed by atoms with Crippen molar-refractivity contribution in [3.8, 4) is 0 Å². The second kappa shape index (κ2) is 5.91. The molecule has 18 heavy (non-hydrogen) atoms. The number of nitrogens with zero attached hydrogens (tertiary/aromatic N) is 2.